The third kappa shape index (κ3) is 2.97. The summed E-state index contributed by atoms with van der Waals surface area (Å²) >= 11 is 0. The highest BCUT2D eigenvalue weighted by Crippen LogP contribution is 2.41. The Kier molecular flexibility index (Phi) is 4.47. The maximum Gasteiger partial charge on any atom is 0.342 e. The topological polar surface area (TPSA) is 91.3 Å². The summed E-state index contributed by atoms with van der Waals surface area (Å²) in [5, 5.41) is 9.01. The molecule has 1 aromatic rings. The monoisotopic (exact) mass is 336 g/mol. The summed E-state index contributed by atoms with van der Waals surface area (Å²) in [6.07, 6.45) is -0.894. The number of rotatable bonds is 4. The second-order valence-electron chi connectivity index (χ2n) is 6.12. The van der Waals surface area contributed by atoms with Gasteiger partial charge in [-0.25, -0.2) is 4.79 Å². The minimum atomic E-state index is -0.914. The molecule has 0 bridgehead atoms. The molecule has 0 saturated carbocycles. The number of carbonyl (C=O) groups excluding carboxylic acids is 1. The van der Waals surface area contributed by atoms with E-state index < -0.39 is 24.3 Å². The highest BCUT2D eigenvalue weighted by molar-refractivity contribution is 5.97. The van der Waals surface area contributed by atoms with Gasteiger partial charge in [-0.2, -0.15) is 0 Å². The molecule has 2 aliphatic heterocycles. The maximum atomic E-state index is 12.0. The van der Waals surface area contributed by atoms with Gasteiger partial charge in [0, 0.05) is 17.5 Å². The van der Waals surface area contributed by atoms with Gasteiger partial charge in [0.05, 0.1) is 25.7 Å². The van der Waals surface area contributed by atoms with E-state index in [0.29, 0.717) is 28.9 Å². The van der Waals surface area contributed by atoms with Crippen molar-refractivity contribution in [3.05, 3.63) is 28.3 Å². The number of carbonyl (C=O) groups is 2. The lowest BCUT2D eigenvalue weighted by molar-refractivity contribution is -0.245. The number of aryl methyl sites for hydroxylation is 1. The minimum Gasteiger partial charge on any atom is -0.496 e. The number of carboxylic acids is 1. The normalized spacial score (nSPS) is 26.0. The maximum absolute atomic E-state index is 12.0. The number of benzene rings is 1. The van der Waals surface area contributed by atoms with Crippen molar-refractivity contribution in [2.45, 2.75) is 51.8 Å². The second kappa shape index (κ2) is 6.41. The van der Waals surface area contributed by atoms with Gasteiger partial charge in [0.25, 0.3) is 0 Å². The standard InChI is InChI=1S/C17H20O7/c1-8-4-11(12-7-22-16(20)14(12)15(8)21-3)17-23-9(2)5-10(24-17)6-13(18)19/h4,9-10,17H,5-7H2,1-3H3,(H,18,19). The van der Waals surface area contributed by atoms with Gasteiger partial charge >= 0.3 is 11.9 Å². The van der Waals surface area contributed by atoms with Crippen LogP contribution >= 0.6 is 0 Å². The van der Waals surface area contributed by atoms with Crippen molar-refractivity contribution < 1.29 is 33.6 Å². The van der Waals surface area contributed by atoms with Crippen molar-refractivity contribution in [2.24, 2.45) is 0 Å². The molecule has 1 N–H and O–H groups in total. The van der Waals surface area contributed by atoms with Crippen molar-refractivity contribution in [1.82, 2.24) is 0 Å². The van der Waals surface area contributed by atoms with Crippen LogP contribution in [-0.4, -0.2) is 36.4 Å². The molecule has 1 fully saturated rings. The van der Waals surface area contributed by atoms with Crippen molar-refractivity contribution in [1.29, 1.82) is 0 Å². The molecule has 24 heavy (non-hydrogen) atoms. The average molecular weight is 336 g/mol. The zero-order valence-electron chi connectivity index (χ0n) is 13.8. The van der Waals surface area contributed by atoms with E-state index in [4.69, 9.17) is 24.1 Å². The lowest BCUT2D eigenvalue weighted by Gasteiger charge is -2.34. The van der Waals surface area contributed by atoms with Crippen LogP contribution in [0.1, 0.15) is 53.1 Å². The smallest absolute Gasteiger partial charge is 0.342 e. The van der Waals surface area contributed by atoms with E-state index in [1.165, 1.54) is 7.11 Å². The molecule has 2 heterocycles. The molecule has 1 aromatic carbocycles. The van der Waals surface area contributed by atoms with Gasteiger partial charge in [-0.05, 0) is 25.5 Å². The number of esters is 1. The Hall–Kier alpha value is -2.12. The first-order chi connectivity index (χ1) is 11.4. The summed E-state index contributed by atoms with van der Waals surface area (Å²) in [6.45, 7) is 3.83. The number of carboxylic acid groups (broad SMARTS) is 1. The summed E-state index contributed by atoms with van der Waals surface area (Å²) in [5.74, 6) is -0.859. The van der Waals surface area contributed by atoms with Gasteiger partial charge in [0.1, 0.15) is 17.9 Å². The highest BCUT2D eigenvalue weighted by Gasteiger charge is 2.36. The molecule has 7 heteroatoms. The Balaban J connectivity index is 1.99. The SMILES string of the molecule is COc1c(C)cc(C2OC(C)CC(CC(=O)O)O2)c2c1C(=O)OC2. The van der Waals surface area contributed by atoms with E-state index in [2.05, 4.69) is 0 Å². The predicted octanol–water partition coefficient (Wildman–Crippen LogP) is 2.34. The van der Waals surface area contributed by atoms with Gasteiger partial charge in [-0.1, -0.05) is 0 Å². The molecular formula is C17H20O7. The van der Waals surface area contributed by atoms with Crippen LogP contribution in [0.15, 0.2) is 6.07 Å². The van der Waals surface area contributed by atoms with Crippen LogP contribution in [0.2, 0.25) is 0 Å². The molecule has 130 valence electrons. The van der Waals surface area contributed by atoms with E-state index >= 15 is 0 Å². The Bertz CT molecular complexity index is 682. The zero-order chi connectivity index (χ0) is 17.4. The molecule has 0 spiro atoms. The van der Waals surface area contributed by atoms with Gasteiger partial charge in [-0.3, -0.25) is 4.79 Å². The van der Waals surface area contributed by atoms with E-state index in [1.54, 1.807) is 0 Å². The number of methoxy groups -OCH3 is 1. The first-order valence-corrected chi connectivity index (χ1v) is 7.81. The number of fused-ring (bicyclic) bond motifs is 1. The number of aliphatic carboxylic acids is 1. The summed E-state index contributed by atoms with van der Waals surface area (Å²) in [7, 11) is 1.51. The number of hydrogen-bond acceptors (Lipinski definition) is 6. The number of cyclic esters (lactones) is 1. The molecule has 3 unspecified atom stereocenters. The van der Waals surface area contributed by atoms with Gasteiger partial charge < -0.3 is 24.1 Å². The van der Waals surface area contributed by atoms with Crippen LogP contribution in [-0.2, 0) is 25.6 Å². The van der Waals surface area contributed by atoms with Crippen molar-refractivity contribution in [3.63, 3.8) is 0 Å². The number of hydrogen-bond donors (Lipinski definition) is 1. The summed E-state index contributed by atoms with van der Waals surface area (Å²) in [4.78, 5) is 23.0. The van der Waals surface area contributed by atoms with Gasteiger partial charge in [-0.15, -0.1) is 0 Å². The molecule has 3 rings (SSSR count). The first-order valence-electron chi connectivity index (χ1n) is 7.81. The van der Waals surface area contributed by atoms with Crippen molar-refractivity contribution in [3.8, 4) is 5.75 Å². The molecule has 2 aliphatic rings. The lowest BCUT2D eigenvalue weighted by Crippen LogP contribution is -2.34. The number of ether oxygens (including phenoxy) is 4. The summed E-state index contributed by atoms with van der Waals surface area (Å²) in [6, 6.07) is 1.85. The minimum absolute atomic E-state index is 0.0864. The fourth-order valence-corrected chi connectivity index (χ4v) is 3.29. The molecular weight excluding hydrogens is 316 g/mol. The van der Waals surface area contributed by atoms with E-state index in [-0.39, 0.29) is 19.1 Å². The second-order valence-corrected chi connectivity index (χ2v) is 6.12. The third-order valence-electron chi connectivity index (χ3n) is 4.29. The Morgan fingerprint density at radius 2 is 2.17 bits per heavy atom. The molecule has 0 amide bonds. The van der Waals surface area contributed by atoms with Crippen molar-refractivity contribution >= 4 is 11.9 Å². The van der Waals surface area contributed by atoms with E-state index in [9.17, 15) is 9.59 Å². The lowest BCUT2D eigenvalue weighted by atomic mass is 9.97. The molecule has 0 aliphatic carbocycles. The molecule has 0 aromatic heterocycles. The molecule has 1 saturated heterocycles. The highest BCUT2D eigenvalue weighted by atomic mass is 16.7. The third-order valence-corrected chi connectivity index (χ3v) is 4.29. The quantitative estimate of drug-likeness (QED) is 0.844. The van der Waals surface area contributed by atoms with Crippen molar-refractivity contribution in [2.75, 3.05) is 7.11 Å². The Morgan fingerprint density at radius 3 is 2.83 bits per heavy atom. The van der Waals surface area contributed by atoms with Crippen LogP contribution in [0.25, 0.3) is 0 Å². The zero-order valence-corrected chi connectivity index (χ0v) is 13.8. The van der Waals surface area contributed by atoms with Crippen LogP contribution in [0.4, 0.5) is 0 Å². The predicted molar refractivity (Wildman–Crippen MR) is 81.9 cm³/mol. The van der Waals surface area contributed by atoms with Crippen LogP contribution < -0.4 is 4.74 Å². The van der Waals surface area contributed by atoms with Crippen LogP contribution in [0.5, 0.6) is 5.75 Å². The average Bonchev–Trinajstić information content (AvgIpc) is 2.87. The summed E-state index contributed by atoms with van der Waals surface area (Å²) < 4.78 is 22.2. The molecule has 0 radical (unpaired) electrons. The molecule has 7 nitrogen and oxygen atoms in total. The fourth-order valence-electron chi connectivity index (χ4n) is 3.29. The summed E-state index contributed by atoms with van der Waals surface area (Å²) in [5.41, 5.74) is 2.53. The van der Waals surface area contributed by atoms with E-state index in [1.807, 2.05) is 19.9 Å². The first kappa shape index (κ1) is 16.7. The Morgan fingerprint density at radius 1 is 1.42 bits per heavy atom. The Labute approximate surface area is 139 Å². The van der Waals surface area contributed by atoms with Gasteiger partial charge in [0.2, 0.25) is 0 Å². The van der Waals surface area contributed by atoms with Crippen LogP contribution in [0.3, 0.4) is 0 Å². The van der Waals surface area contributed by atoms with Crippen LogP contribution in [0, 0.1) is 6.92 Å². The fraction of sp³-hybridized carbons (Fsp3) is 0.529. The van der Waals surface area contributed by atoms with E-state index in [0.717, 1.165) is 5.56 Å². The van der Waals surface area contributed by atoms with Gasteiger partial charge in [0.15, 0.2) is 6.29 Å². The largest absolute Gasteiger partial charge is 0.496 e. The molecule has 3 atom stereocenters.